The number of nitrogens with one attached hydrogen (secondary N) is 3. The summed E-state index contributed by atoms with van der Waals surface area (Å²) >= 11 is 0. The Bertz CT molecular complexity index is 235. The van der Waals surface area contributed by atoms with Crippen LogP contribution in [0, 0.1) is 0 Å². The summed E-state index contributed by atoms with van der Waals surface area (Å²) < 4.78 is 0. The highest BCUT2D eigenvalue weighted by atomic mass is 16.7. The van der Waals surface area contributed by atoms with Crippen LogP contribution in [0.4, 0.5) is 0 Å². The van der Waals surface area contributed by atoms with Crippen molar-refractivity contribution in [3.05, 3.63) is 0 Å². The molecule has 0 rings (SSSR count). The molecule has 0 saturated carbocycles. The molecule has 0 aliphatic rings. The maximum Gasteiger partial charge on any atom is 0.248 e. The minimum Gasteiger partial charge on any atom is -0.354 e. The Morgan fingerprint density at radius 1 is 1.06 bits per heavy atom. The van der Waals surface area contributed by atoms with Crippen molar-refractivity contribution in [2.24, 2.45) is 0 Å². The van der Waals surface area contributed by atoms with E-state index >= 15 is 0 Å². The molecule has 0 unspecified atom stereocenters. The predicted octanol–water partition coefficient (Wildman–Crippen LogP) is 0.340. The molecule has 0 saturated heterocycles. The van der Waals surface area contributed by atoms with Crippen LogP contribution in [0.1, 0.15) is 39.5 Å². The van der Waals surface area contributed by atoms with Gasteiger partial charge in [0.05, 0.1) is 0 Å². The van der Waals surface area contributed by atoms with E-state index in [2.05, 4.69) is 23.0 Å². The summed E-state index contributed by atoms with van der Waals surface area (Å²) in [4.78, 5) is 27.2. The normalized spacial score (nSPS) is 10.1. The zero-order chi connectivity index (χ0) is 13.6. The van der Waals surface area contributed by atoms with Crippen LogP contribution in [-0.4, -0.2) is 38.1 Å². The quantitative estimate of drug-likeness (QED) is 0.369. The van der Waals surface area contributed by atoms with Gasteiger partial charge in [0.2, 0.25) is 11.8 Å². The molecule has 0 bridgehead atoms. The fourth-order valence-corrected chi connectivity index (χ4v) is 1.27. The Kier molecular flexibility index (Phi) is 11.5. The van der Waals surface area contributed by atoms with E-state index in [1.807, 2.05) is 6.92 Å². The van der Waals surface area contributed by atoms with E-state index in [0.29, 0.717) is 19.5 Å². The van der Waals surface area contributed by atoms with E-state index < -0.39 is 0 Å². The first kappa shape index (κ1) is 16.9. The number of rotatable bonds is 11. The van der Waals surface area contributed by atoms with Gasteiger partial charge in [-0.1, -0.05) is 26.7 Å². The molecule has 0 aromatic rings. The van der Waals surface area contributed by atoms with Crippen LogP contribution >= 0.6 is 0 Å². The van der Waals surface area contributed by atoms with Crippen LogP contribution in [0.25, 0.3) is 0 Å². The predicted molar refractivity (Wildman–Crippen MR) is 69.8 cm³/mol. The number of hydroxylamine groups is 1. The highest BCUT2D eigenvalue weighted by molar-refractivity contribution is 5.78. The molecule has 3 N–H and O–H groups in total. The molecule has 18 heavy (non-hydrogen) atoms. The lowest BCUT2D eigenvalue weighted by molar-refractivity contribution is -0.139. The van der Waals surface area contributed by atoms with Crippen LogP contribution in [-0.2, 0) is 14.4 Å². The van der Waals surface area contributed by atoms with Gasteiger partial charge in [0.15, 0.2) is 6.61 Å². The van der Waals surface area contributed by atoms with Crippen molar-refractivity contribution in [2.75, 3.05) is 26.2 Å². The summed E-state index contributed by atoms with van der Waals surface area (Å²) in [5.74, 6) is -0.437. The Hall–Kier alpha value is -1.14. The molecule has 6 nitrogen and oxygen atoms in total. The lowest BCUT2D eigenvalue weighted by Gasteiger charge is -2.07. The fourth-order valence-electron chi connectivity index (χ4n) is 1.27. The minimum atomic E-state index is -0.227. The first-order chi connectivity index (χ1) is 8.70. The average molecular weight is 259 g/mol. The third-order valence-corrected chi connectivity index (χ3v) is 2.27. The van der Waals surface area contributed by atoms with E-state index in [4.69, 9.17) is 4.84 Å². The van der Waals surface area contributed by atoms with E-state index in [9.17, 15) is 9.59 Å². The number of amides is 2. The van der Waals surface area contributed by atoms with E-state index in [0.717, 1.165) is 25.8 Å². The highest BCUT2D eigenvalue weighted by Crippen LogP contribution is 1.90. The van der Waals surface area contributed by atoms with Gasteiger partial charge in [-0.15, -0.1) is 0 Å². The Labute approximate surface area is 109 Å². The van der Waals surface area contributed by atoms with Crippen LogP contribution in [0.3, 0.4) is 0 Å². The Balaban J connectivity index is 3.35. The van der Waals surface area contributed by atoms with Gasteiger partial charge < -0.3 is 10.6 Å². The first-order valence-corrected chi connectivity index (χ1v) is 6.58. The summed E-state index contributed by atoms with van der Waals surface area (Å²) in [6, 6.07) is 0. The largest absolute Gasteiger partial charge is 0.354 e. The summed E-state index contributed by atoms with van der Waals surface area (Å²) in [6.07, 6.45) is 3.53. The molecular formula is C12H25N3O3. The van der Waals surface area contributed by atoms with Gasteiger partial charge in [-0.05, 0) is 13.0 Å². The highest BCUT2D eigenvalue weighted by Gasteiger charge is 2.03. The zero-order valence-electron chi connectivity index (χ0n) is 11.4. The van der Waals surface area contributed by atoms with Crippen molar-refractivity contribution >= 4 is 11.8 Å². The summed E-state index contributed by atoms with van der Waals surface area (Å²) in [5, 5.41) is 5.74. The number of hydrogen-bond donors (Lipinski definition) is 3. The van der Waals surface area contributed by atoms with Gasteiger partial charge in [-0.2, -0.15) is 0 Å². The molecule has 0 heterocycles. The van der Waals surface area contributed by atoms with Crippen LogP contribution in [0.5, 0.6) is 0 Å². The lowest BCUT2D eigenvalue weighted by atomic mass is 10.2. The Morgan fingerprint density at radius 2 is 1.83 bits per heavy atom. The second kappa shape index (κ2) is 12.3. The third kappa shape index (κ3) is 11.3. The molecule has 0 aromatic heterocycles. The fraction of sp³-hybridized carbons (Fsp3) is 0.833. The minimum absolute atomic E-state index is 0.140. The molecule has 106 valence electrons. The van der Waals surface area contributed by atoms with Crippen molar-refractivity contribution in [1.82, 2.24) is 16.1 Å². The van der Waals surface area contributed by atoms with Gasteiger partial charge in [-0.3, -0.25) is 14.4 Å². The van der Waals surface area contributed by atoms with Gasteiger partial charge in [0.1, 0.15) is 0 Å². The van der Waals surface area contributed by atoms with E-state index in [1.54, 1.807) is 0 Å². The molecule has 6 heteroatoms. The number of carbonyl (C=O) groups excluding carboxylic acids is 2. The number of hydrogen-bond acceptors (Lipinski definition) is 4. The second-order valence-electron chi connectivity index (χ2n) is 3.97. The summed E-state index contributed by atoms with van der Waals surface area (Å²) in [5.41, 5.74) is 2.23. The smallest absolute Gasteiger partial charge is 0.248 e. The van der Waals surface area contributed by atoms with Gasteiger partial charge in [0.25, 0.3) is 0 Å². The molecule has 0 aliphatic carbocycles. The van der Waals surface area contributed by atoms with Crippen LogP contribution in [0.15, 0.2) is 0 Å². The molecule has 0 spiro atoms. The molecular weight excluding hydrogens is 234 g/mol. The topological polar surface area (TPSA) is 79.5 Å². The van der Waals surface area contributed by atoms with Crippen LogP contribution in [0.2, 0.25) is 0 Å². The molecule has 0 aromatic carbocycles. The monoisotopic (exact) mass is 259 g/mol. The van der Waals surface area contributed by atoms with Crippen molar-refractivity contribution in [2.45, 2.75) is 39.5 Å². The molecule has 0 fully saturated rings. The SMILES string of the molecule is CCCCCNC(=O)CONC(=O)CCNCC. The summed E-state index contributed by atoms with van der Waals surface area (Å²) in [6.45, 7) is 6.03. The number of unbranched alkanes of at least 4 members (excludes halogenated alkanes) is 2. The van der Waals surface area contributed by atoms with Gasteiger partial charge in [-0.25, -0.2) is 5.48 Å². The zero-order valence-corrected chi connectivity index (χ0v) is 11.4. The number of carbonyl (C=O) groups is 2. The first-order valence-electron chi connectivity index (χ1n) is 6.58. The van der Waals surface area contributed by atoms with E-state index in [-0.39, 0.29) is 18.4 Å². The molecule has 0 radical (unpaired) electrons. The second-order valence-corrected chi connectivity index (χ2v) is 3.97. The molecule has 2 amide bonds. The summed E-state index contributed by atoms with van der Waals surface area (Å²) in [7, 11) is 0. The van der Waals surface area contributed by atoms with Crippen molar-refractivity contribution < 1.29 is 14.4 Å². The maximum absolute atomic E-state index is 11.2. The van der Waals surface area contributed by atoms with Crippen molar-refractivity contribution in [1.29, 1.82) is 0 Å². The molecule has 0 atom stereocenters. The standard InChI is InChI=1S/C12H25N3O3/c1-3-5-6-8-14-12(17)10-18-15-11(16)7-9-13-4-2/h13H,3-10H2,1-2H3,(H,14,17)(H,15,16). The Morgan fingerprint density at radius 3 is 2.50 bits per heavy atom. The van der Waals surface area contributed by atoms with Crippen molar-refractivity contribution in [3.8, 4) is 0 Å². The van der Waals surface area contributed by atoms with Crippen molar-refractivity contribution in [3.63, 3.8) is 0 Å². The average Bonchev–Trinajstić information content (AvgIpc) is 2.35. The van der Waals surface area contributed by atoms with Crippen LogP contribution < -0.4 is 16.1 Å². The van der Waals surface area contributed by atoms with Gasteiger partial charge >= 0.3 is 0 Å². The maximum atomic E-state index is 11.2. The lowest BCUT2D eigenvalue weighted by Crippen LogP contribution is -2.34. The molecule has 0 aliphatic heterocycles. The third-order valence-electron chi connectivity index (χ3n) is 2.27. The van der Waals surface area contributed by atoms with E-state index in [1.165, 1.54) is 0 Å². The van der Waals surface area contributed by atoms with Gasteiger partial charge in [0, 0.05) is 19.5 Å².